The summed E-state index contributed by atoms with van der Waals surface area (Å²) in [4.78, 5) is 17.5. The second kappa shape index (κ2) is 9.93. The van der Waals surface area contributed by atoms with Gasteiger partial charge in [-0.3, -0.25) is 10.1 Å². The van der Waals surface area contributed by atoms with E-state index in [1.165, 1.54) is 14.2 Å². The first-order chi connectivity index (χ1) is 17.4. The molecule has 3 aromatic carbocycles. The normalized spacial score (nSPS) is 14.3. The molecule has 0 radical (unpaired) electrons. The number of carbonyl (C=O) groups is 1. The largest absolute Gasteiger partial charge is 0.493 e. The third-order valence-electron chi connectivity index (χ3n) is 5.70. The van der Waals surface area contributed by atoms with Gasteiger partial charge in [-0.15, -0.1) is 5.10 Å². The van der Waals surface area contributed by atoms with E-state index in [4.69, 9.17) is 32.7 Å². The minimum Gasteiger partial charge on any atom is -0.493 e. The van der Waals surface area contributed by atoms with Crippen LogP contribution < -0.4 is 20.1 Å². The van der Waals surface area contributed by atoms with Crippen molar-refractivity contribution in [2.45, 2.75) is 6.04 Å². The molecule has 182 valence electrons. The molecule has 1 amide bonds. The van der Waals surface area contributed by atoms with E-state index < -0.39 is 0 Å². The molecule has 0 spiro atoms. The number of nitrogens with zero attached hydrogens (tertiary/aromatic N) is 3. The Morgan fingerprint density at radius 3 is 2.28 bits per heavy atom. The Bertz CT molecular complexity index is 1450. The van der Waals surface area contributed by atoms with E-state index in [2.05, 4.69) is 20.7 Å². The van der Waals surface area contributed by atoms with Crippen molar-refractivity contribution in [1.29, 1.82) is 0 Å². The molecule has 10 heteroatoms. The third-order valence-corrected chi connectivity index (χ3v) is 6.21. The standard InChI is InChI=1S/C26H21Cl2N5O3/c1-35-22-12-7-17(13-23(22)36-2)24(34)30-25-31-26-29-20(15-3-8-18(27)9-4-15)14-21(33(26)32-25)16-5-10-19(28)11-6-16/h3-14,21H,1-2H3,(H2,29,30,31,32,34). The molecular weight excluding hydrogens is 501 g/mol. The zero-order chi connectivity index (χ0) is 25.2. The molecule has 1 atom stereocenters. The smallest absolute Gasteiger partial charge is 0.258 e. The van der Waals surface area contributed by atoms with Crippen molar-refractivity contribution in [3.8, 4) is 11.5 Å². The number of benzene rings is 3. The third kappa shape index (κ3) is 4.73. The molecule has 1 aliphatic heterocycles. The van der Waals surface area contributed by atoms with Crippen LogP contribution in [0.1, 0.15) is 27.5 Å². The maximum atomic E-state index is 12.9. The number of nitrogens with one attached hydrogen (secondary N) is 2. The molecule has 0 bridgehead atoms. The molecule has 1 aromatic heterocycles. The molecule has 4 aromatic rings. The summed E-state index contributed by atoms with van der Waals surface area (Å²) >= 11 is 12.2. The van der Waals surface area contributed by atoms with Gasteiger partial charge >= 0.3 is 0 Å². The number of rotatable bonds is 6. The second-order valence-corrected chi connectivity index (χ2v) is 8.81. The van der Waals surface area contributed by atoms with Gasteiger partial charge in [-0.25, -0.2) is 4.68 Å². The average Bonchev–Trinajstić information content (AvgIpc) is 3.31. The summed E-state index contributed by atoms with van der Waals surface area (Å²) in [5, 5.41) is 11.9. The quantitative estimate of drug-likeness (QED) is 0.327. The number of amides is 1. The minimum atomic E-state index is -0.382. The van der Waals surface area contributed by atoms with Crippen molar-refractivity contribution in [1.82, 2.24) is 14.8 Å². The fourth-order valence-corrected chi connectivity index (χ4v) is 4.14. The predicted molar refractivity (Wildman–Crippen MR) is 140 cm³/mol. The number of hydrogen-bond acceptors (Lipinski definition) is 6. The van der Waals surface area contributed by atoms with E-state index in [-0.39, 0.29) is 17.9 Å². The Morgan fingerprint density at radius 1 is 0.944 bits per heavy atom. The number of methoxy groups -OCH3 is 2. The van der Waals surface area contributed by atoms with Gasteiger partial charge < -0.3 is 14.8 Å². The van der Waals surface area contributed by atoms with E-state index in [1.807, 2.05) is 54.6 Å². The summed E-state index contributed by atoms with van der Waals surface area (Å²) in [6.07, 6.45) is 2.04. The van der Waals surface area contributed by atoms with Gasteiger partial charge in [-0.2, -0.15) is 4.98 Å². The molecule has 1 unspecified atom stereocenters. The highest BCUT2D eigenvalue weighted by Crippen LogP contribution is 2.34. The monoisotopic (exact) mass is 521 g/mol. The van der Waals surface area contributed by atoms with Crippen molar-refractivity contribution >= 4 is 46.7 Å². The van der Waals surface area contributed by atoms with Crippen molar-refractivity contribution < 1.29 is 14.3 Å². The lowest BCUT2D eigenvalue weighted by Gasteiger charge is -2.24. The van der Waals surface area contributed by atoms with Crippen LogP contribution in [-0.4, -0.2) is 34.9 Å². The maximum Gasteiger partial charge on any atom is 0.258 e. The number of anilines is 2. The van der Waals surface area contributed by atoms with Gasteiger partial charge in [0, 0.05) is 21.3 Å². The van der Waals surface area contributed by atoms with E-state index in [0.717, 1.165) is 16.8 Å². The molecule has 8 nitrogen and oxygen atoms in total. The SMILES string of the molecule is COc1ccc(C(=O)Nc2nc3n(n2)C(c2ccc(Cl)cc2)C=C(c2ccc(Cl)cc2)N3)cc1OC. The second-order valence-electron chi connectivity index (χ2n) is 7.94. The van der Waals surface area contributed by atoms with E-state index in [9.17, 15) is 4.79 Å². The zero-order valence-corrected chi connectivity index (χ0v) is 20.8. The fourth-order valence-electron chi connectivity index (χ4n) is 3.89. The predicted octanol–water partition coefficient (Wildman–Crippen LogP) is 5.91. The topological polar surface area (TPSA) is 90.3 Å². The molecule has 0 saturated heterocycles. The van der Waals surface area contributed by atoms with Crippen molar-refractivity contribution in [2.24, 2.45) is 0 Å². The summed E-state index contributed by atoms with van der Waals surface area (Å²) < 4.78 is 12.3. The number of halogens is 2. The Morgan fingerprint density at radius 2 is 1.61 bits per heavy atom. The molecule has 2 N–H and O–H groups in total. The first kappa shape index (κ1) is 23.7. The number of fused-ring (bicyclic) bond motifs is 1. The Labute approximate surface area is 217 Å². The number of carbonyl (C=O) groups excluding carboxylic acids is 1. The highest BCUT2D eigenvalue weighted by atomic mass is 35.5. The number of hydrogen-bond donors (Lipinski definition) is 2. The van der Waals surface area contributed by atoms with Crippen molar-refractivity contribution in [3.05, 3.63) is 99.5 Å². The van der Waals surface area contributed by atoms with Gasteiger partial charge in [-0.05, 0) is 59.7 Å². The lowest BCUT2D eigenvalue weighted by atomic mass is 10.0. The van der Waals surface area contributed by atoms with Crippen LogP contribution in [0.15, 0.2) is 72.8 Å². The minimum absolute atomic E-state index is 0.155. The lowest BCUT2D eigenvalue weighted by Crippen LogP contribution is -2.20. The van der Waals surface area contributed by atoms with Crippen LogP contribution in [0.2, 0.25) is 10.0 Å². The molecule has 36 heavy (non-hydrogen) atoms. The van der Waals surface area contributed by atoms with E-state index >= 15 is 0 Å². The molecule has 0 fully saturated rings. The first-order valence-electron chi connectivity index (χ1n) is 11.0. The summed E-state index contributed by atoms with van der Waals surface area (Å²) in [6.45, 7) is 0. The van der Waals surface area contributed by atoms with Gasteiger partial charge in [0.25, 0.3) is 11.9 Å². The summed E-state index contributed by atoms with van der Waals surface area (Å²) in [5.41, 5.74) is 3.10. The van der Waals surface area contributed by atoms with Crippen LogP contribution in [0.4, 0.5) is 11.9 Å². The van der Waals surface area contributed by atoms with Crippen LogP contribution >= 0.6 is 23.2 Å². The van der Waals surface area contributed by atoms with Crippen molar-refractivity contribution in [2.75, 3.05) is 24.9 Å². The van der Waals surface area contributed by atoms with E-state index in [1.54, 1.807) is 22.9 Å². The lowest BCUT2D eigenvalue weighted by molar-refractivity contribution is 0.102. The van der Waals surface area contributed by atoms with Crippen LogP contribution in [0, 0.1) is 0 Å². The van der Waals surface area contributed by atoms with Crippen LogP contribution in [0.5, 0.6) is 11.5 Å². The molecule has 0 saturated carbocycles. The maximum absolute atomic E-state index is 12.9. The Balaban J connectivity index is 1.48. The van der Waals surface area contributed by atoms with Gasteiger partial charge in [0.05, 0.1) is 14.2 Å². The van der Waals surface area contributed by atoms with Crippen LogP contribution in [0.25, 0.3) is 5.70 Å². The summed E-state index contributed by atoms with van der Waals surface area (Å²) in [6, 6.07) is 19.6. The van der Waals surface area contributed by atoms with Crippen LogP contribution in [0.3, 0.4) is 0 Å². The summed E-state index contributed by atoms with van der Waals surface area (Å²) in [5.74, 6) is 1.23. The number of aromatic nitrogens is 3. The van der Waals surface area contributed by atoms with Crippen LogP contribution in [-0.2, 0) is 0 Å². The average molecular weight is 522 g/mol. The molecular formula is C26H21Cl2N5O3. The zero-order valence-electron chi connectivity index (χ0n) is 19.3. The fraction of sp³-hybridized carbons (Fsp3) is 0.115. The van der Waals surface area contributed by atoms with E-state index in [0.29, 0.717) is 33.1 Å². The number of ether oxygens (including phenoxy) is 2. The molecule has 1 aliphatic rings. The molecule has 0 aliphatic carbocycles. The molecule has 2 heterocycles. The van der Waals surface area contributed by atoms with Gasteiger partial charge in [-0.1, -0.05) is 47.5 Å². The van der Waals surface area contributed by atoms with Gasteiger partial charge in [0.15, 0.2) is 11.5 Å². The van der Waals surface area contributed by atoms with Gasteiger partial charge in [0.2, 0.25) is 5.95 Å². The summed E-state index contributed by atoms with van der Waals surface area (Å²) in [7, 11) is 3.05. The highest BCUT2D eigenvalue weighted by Gasteiger charge is 2.26. The number of allylic oxidation sites excluding steroid dienone is 1. The Kier molecular flexibility index (Phi) is 6.54. The highest BCUT2D eigenvalue weighted by molar-refractivity contribution is 6.30. The Hall–Kier alpha value is -4.01. The molecule has 5 rings (SSSR count). The van der Waals surface area contributed by atoms with Crippen molar-refractivity contribution in [3.63, 3.8) is 0 Å². The first-order valence-corrected chi connectivity index (χ1v) is 11.7. The van der Waals surface area contributed by atoms with Gasteiger partial charge in [0.1, 0.15) is 6.04 Å².